The van der Waals surface area contributed by atoms with Gasteiger partial charge in [0.2, 0.25) is 11.8 Å². The first-order valence-corrected chi connectivity index (χ1v) is 13.2. The maximum atomic E-state index is 13.6. The van der Waals surface area contributed by atoms with E-state index in [4.69, 9.17) is 10.5 Å². The average Bonchev–Trinajstić information content (AvgIpc) is 3.45. The molecule has 1 aromatic heterocycles. The fourth-order valence-corrected chi connectivity index (χ4v) is 4.82. The van der Waals surface area contributed by atoms with Crippen LogP contribution >= 0.6 is 0 Å². The van der Waals surface area contributed by atoms with Gasteiger partial charge in [0.1, 0.15) is 12.6 Å². The number of benzene rings is 2. The van der Waals surface area contributed by atoms with E-state index in [2.05, 4.69) is 32.7 Å². The van der Waals surface area contributed by atoms with Gasteiger partial charge in [0.05, 0.1) is 18.6 Å². The normalized spacial score (nSPS) is 14.5. The molecule has 0 spiro atoms. The van der Waals surface area contributed by atoms with Crippen molar-refractivity contribution in [2.75, 3.05) is 26.2 Å². The molecule has 0 aliphatic heterocycles. The van der Waals surface area contributed by atoms with Crippen LogP contribution < -0.4 is 16.4 Å². The maximum absolute atomic E-state index is 13.6. The molecule has 1 fully saturated rings. The Hall–Kier alpha value is -4.18. The number of ether oxygens (including phenoxy) is 1. The second kappa shape index (κ2) is 13.6. The highest BCUT2D eigenvalue weighted by molar-refractivity contribution is 5.89. The van der Waals surface area contributed by atoms with Crippen molar-refractivity contribution in [3.05, 3.63) is 90.0 Å². The van der Waals surface area contributed by atoms with Gasteiger partial charge in [-0.1, -0.05) is 67.1 Å². The van der Waals surface area contributed by atoms with E-state index in [0.717, 1.165) is 24.8 Å². The molecular weight excluding hydrogens is 496 g/mol. The van der Waals surface area contributed by atoms with Crippen LogP contribution in [0.5, 0.6) is 0 Å². The predicted molar refractivity (Wildman–Crippen MR) is 146 cm³/mol. The molecule has 0 saturated heterocycles. The number of carbonyl (C=O) groups excluding carboxylic acids is 3. The molecule has 4 rings (SSSR count). The Morgan fingerprint density at radius 1 is 1.08 bits per heavy atom. The van der Waals surface area contributed by atoms with Crippen molar-refractivity contribution in [2.24, 2.45) is 5.73 Å². The van der Waals surface area contributed by atoms with Crippen LogP contribution in [0.15, 0.2) is 73.2 Å². The highest BCUT2D eigenvalue weighted by Crippen LogP contribution is 2.43. The SMILES string of the molecule is NCCN(CC(=O)NCC1(c2ccccc2)CCC1)C(=O)[C@H](Cc1c[nH]cn1)NC(=O)OCc1ccccc1. The fourth-order valence-electron chi connectivity index (χ4n) is 4.82. The van der Waals surface area contributed by atoms with E-state index in [-0.39, 0.29) is 44.0 Å². The molecule has 1 saturated carbocycles. The van der Waals surface area contributed by atoms with E-state index < -0.39 is 18.0 Å². The molecule has 1 atom stereocenters. The number of alkyl carbamates (subject to hydrolysis) is 1. The Bertz CT molecular complexity index is 1200. The third kappa shape index (κ3) is 7.67. The number of aromatic amines is 1. The fraction of sp³-hybridized carbons (Fsp3) is 0.379. The Balaban J connectivity index is 1.38. The molecule has 1 heterocycles. The van der Waals surface area contributed by atoms with Gasteiger partial charge in [-0.2, -0.15) is 0 Å². The molecule has 1 aliphatic rings. The lowest BCUT2D eigenvalue weighted by Crippen LogP contribution is -2.54. The summed E-state index contributed by atoms with van der Waals surface area (Å²) in [4.78, 5) is 47.6. The first-order chi connectivity index (χ1) is 19.0. The molecule has 3 aromatic rings. The van der Waals surface area contributed by atoms with Crippen molar-refractivity contribution in [1.82, 2.24) is 25.5 Å². The van der Waals surface area contributed by atoms with E-state index in [9.17, 15) is 14.4 Å². The number of imidazole rings is 1. The second-order valence-corrected chi connectivity index (χ2v) is 9.85. The van der Waals surface area contributed by atoms with Crippen molar-refractivity contribution in [1.29, 1.82) is 0 Å². The molecule has 206 valence electrons. The molecule has 39 heavy (non-hydrogen) atoms. The number of nitrogens with zero attached hydrogens (tertiary/aromatic N) is 2. The summed E-state index contributed by atoms with van der Waals surface area (Å²) in [5.74, 6) is -0.708. The molecule has 1 aliphatic carbocycles. The third-order valence-electron chi connectivity index (χ3n) is 7.14. The molecule has 10 nitrogen and oxygen atoms in total. The van der Waals surface area contributed by atoms with Gasteiger partial charge in [-0.15, -0.1) is 0 Å². The number of rotatable bonds is 13. The standard InChI is InChI=1S/C29H36N6O4/c30-14-15-35(18-26(36)32-20-29(12-7-13-29)23-10-5-2-6-11-23)27(37)25(16-24-17-31-21-33-24)34-28(38)39-19-22-8-3-1-4-9-22/h1-6,8-11,17,21,25H,7,12-16,18-20,30H2,(H,31,33)(H,32,36)(H,34,38)/t25-/m0/s1. The van der Waals surface area contributed by atoms with Crippen LogP contribution in [0.3, 0.4) is 0 Å². The molecule has 3 amide bonds. The molecular formula is C29H36N6O4. The number of hydrogen-bond donors (Lipinski definition) is 4. The predicted octanol–water partition coefficient (Wildman–Crippen LogP) is 2.27. The summed E-state index contributed by atoms with van der Waals surface area (Å²) in [6, 6.07) is 18.5. The largest absolute Gasteiger partial charge is 0.445 e. The van der Waals surface area contributed by atoms with Gasteiger partial charge in [-0.25, -0.2) is 9.78 Å². The minimum Gasteiger partial charge on any atom is -0.445 e. The monoisotopic (exact) mass is 532 g/mol. The molecule has 10 heteroatoms. The minimum atomic E-state index is -0.988. The van der Waals surface area contributed by atoms with Gasteiger partial charge in [-0.05, 0) is 24.0 Å². The first-order valence-electron chi connectivity index (χ1n) is 13.2. The summed E-state index contributed by atoms with van der Waals surface area (Å²) in [7, 11) is 0. The molecule has 5 N–H and O–H groups in total. The van der Waals surface area contributed by atoms with Crippen molar-refractivity contribution in [3.63, 3.8) is 0 Å². The summed E-state index contributed by atoms with van der Waals surface area (Å²) < 4.78 is 5.33. The van der Waals surface area contributed by atoms with Crippen LogP contribution in [0.2, 0.25) is 0 Å². The van der Waals surface area contributed by atoms with Crippen LogP contribution in [0, 0.1) is 0 Å². The van der Waals surface area contributed by atoms with Gasteiger partial charge in [-0.3, -0.25) is 9.59 Å². The second-order valence-electron chi connectivity index (χ2n) is 9.85. The van der Waals surface area contributed by atoms with Crippen LogP contribution in [-0.2, 0) is 32.8 Å². The summed E-state index contributed by atoms with van der Waals surface area (Å²) in [6.07, 6.45) is 5.66. The lowest BCUT2D eigenvalue weighted by Gasteiger charge is -2.42. The van der Waals surface area contributed by atoms with Crippen LogP contribution in [-0.4, -0.2) is 65.0 Å². The number of hydrogen-bond acceptors (Lipinski definition) is 6. The zero-order valence-electron chi connectivity index (χ0n) is 22.0. The Morgan fingerprint density at radius 3 is 2.41 bits per heavy atom. The van der Waals surface area contributed by atoms with Crippen molar-refractivity contribution in [3.8, 4) is 0 Å². The summed E-state index contributed by atoms with van der Waals surface area (Å²) >= 11 is 0. The summed E-state index contributed by atoms with van der Waals surface area (Å²) in [5.41, 5.74) is 8.33. The Labute approximate surface area is 228 Å². The van der Waals surface area contributed by atoms with Gasteiger partial charge in [0.25, 0.3) is 0 Å². The highest BCUT2D eigenvalue weighted by atomic mass is 16.5. The van der Waals surface area contributed by atoms with E-state index >= 15 is 0 Å². The number of nitrogens with one attached hydrogen (secondary N) is 3. The quantitative estimate of drug-likeness (QED) is 0.266. The number of amides is 3. The van der Waals surface area contributed by atoms with E-state index in [0.29, 0.717) is 12.2 Å². The zero-order valence-corrected chi connectivity index (χ0v) is 22.0. The van der Waals surface area contributed by atoms with Gasteiger partial charge >= 0.3 is 6.09 Å². The highest BCUT2D eigenvalue weighted by Gasteiger charge is 2.39. The molecule has 0 radical (unpaired) electrons. The smallest absolute Gasteiger partial charge is 0.408 e. The molecule has 0 bridgehead atoms. The lowest BCUT2D eigenvalue weighted by atomic mass is 9.64. The number of carbonyl (C=O) groups is 3. The zero-order chi connectivity index (χ0) is 27.5. The third-order valence-corrected chi connectivity index (χ3v) is 7.14. The van der Waals surface area contributed by atoms with Crippen LogP contribution in [0.1, 0.15) is 36.1 Å². The number of H-pyrrole nitrogens is 1. The lowest BCUT2D eigenvalue weighted by molar-refractivity contribution is -0.137. The average molecular weight is 533 g/mol. The molecule has 0 unspecified atom stereocenters. The van der Waals surface area contributed by atoms with Crippen molar-refractivity contribution >= 4 is 17.9 Å². The summed E-state index contributed by atoms with van der Waals surface area (Å²) in [5, 5.41) is 5.68. The molecule has 2 aromatic carbocycles. The van der Waals surface area contributed by atoms with Gasteiger partial charge in [0, 0.05) is 37.7 Å². The summed E-state index contributed by atoms with van der Waals surface area (Å²) in [6.45, 7) is 0.725. The topological polar surface area (TPSA) is 142 Å². The Morgan fingerprint density at radius 2 is 1.79 bits per heavy atom. The van der Waals surface area contributed by atoms with Crippen molar-refractivity contribution < 1.29 is 19.1 Å². The van der Waals surface area contributed by atoms with E-state index in [1.165, 1.54) is 16.8 Å². The number of nitrogens with two attached hydrogens (primary N) is 1. The van der Waals surface area contributed by atoms with Crippen molar-refractivity contribution in [2.45, 2.75) is 43.7 Å². The van der Waals surface area contributed by atoms with E-state index in [1.54, 1.807) is 6.20 Å². The van der Waals surface area contributed by atoms with Crippen LogP contribution in [0.25, 0.3) is 0 Å². The maximum Gasteiger partial charge on any atom is 0.408 e. The minimum absolute atomic E-state index is 0.0636. The Kier molecular flexibility index (Phi) is 9.69. The van der Waals surface area contributed by atoms with E-state index in [1.807, 2.05) is 48.5 Å². The van der Waals surface area contributed by atoms with Gasteiger partial charge < -0.3 is 31.0 Å². The number of aromatic nitrogens is 2. The van der Waals surface area contributed by atoms with Gasteiger partial charge in [0.15, 0.2) is 0 Å². The first kappa shape index (κ1) is 27.8. The van der Waals surface area contributed by atoms with Crippen LogP contribution in [0.4, 0.5) is 4.79 Å².